The van der Waals surface area contributed by atoms with E-state index in [0.717, 1.165) is 0 Å². The van der Waals surface area contributed by atoms with Crippen molar-refractivity contribution in [1.82, 2.24) is 0 Å². The van der Waals surface area contributed by atoms with Crippen LogP contribution in [0.25, 0.3) is 0 Å². The lowest BCUT2D eigenvalue weighted by atomic mass is 9.65. The molecule has 150 valence electrons. The van der Waals surface area contributed by atoms with Gasteiger partial charge in [-0.15, -0.1) is 0 Å². The summed E-state index contributed by atoms with van der Waals surface area (Å²) >= 11 is 0. The fourth-order valence-corrected chi connectivity index (χ4v) is 3.95. The van der Waals surface area contributed by atoms with Crippen molar-refractivity contribution in [2.45, 2.75) is 59.2 Å². The van der Waals surface area contributed by atoms with Gasteiger partial charge in [-0.2, -0.15) is 0 Å². The van der Waals surface area contributed by atoms with E-state index in [-0.39, 0.29) is 0 Å². The first-order chi connectivity index (χ1) is 13.0. The molecule has 1 atom stereocenters. The van der Waals surface area contributed by atoms with E-state index in [2.05, 4.69) is 0 Å². The minimum Gasteiger partial charge on any atom is -0.452 e. The van der Waals surface area contributed by atoms with Gasteiger partial charge in [0, 0.05) is 5.41 Å². The third-order valence-corrected chi connectivity index (χ3v) is 5.32. The van der Waals surface area contributed by atoms with E-state index in [0.29, 0.717) is 17.5 Å². The lowest BCUT2D eigenvalue weighted by Gasteiger charge is -2.52. The Morgan fingerprint density at radius 1 is 0.714 bits per heavy atom. The first-order valence-corrected chi connectivity index (χ1v) is 9.61. The Bertz CT molecular complexity index is 804. The van der Waals surface area contributed by atoms with Crippen molar-refractivity contribution in [3.05, 3.63) is 71.8 Å². The second kappa shape index (κ2) is 8.17. The van der Waals surface area contributed by atoms with Gasteiger partial charge in [0.05, 0.1) is 11.1 Å². The third-order valence-electron chi connectivity index (χ3n) is 5.32. The van der Waals surface area contributed by atoms with Gasteiger partial charge in [-0.1, -0.05) is 64.1 Å². The number of rotatable bonds is 6. The molecule has 28 heavy (non-hydrogen) atoms. The van der Waals surface area contributed by atoms with Gasteiger partial charge in [-0.05, 0) is 44.5 Å². The zero-order valence-corrected chi connectivity index (χ0v) is 17.6. The van der Waals surface area contributed by atoms with Crippen LogP contribution in [0.5, 0.6) is 0 Å². The van der Waals surface area contributed by atoms with Gasteiger partial charge in [0.25, 0.3) is 0 Å². The van der Waals surface area contributed by atoms with Crippen molar-refractivity contribution in [3.8, 4) is 0 Å². The highest BCUT2D eigenvalue weighted by atomic mass is 16.6. The fraction of sp³-hybridized carbons (Fsp3) is 0.417. The largest absolute Gasteiger partial charge is 0.452 e. The van der Waals surface area contributed by atoms with Crippen LogP contribution in [-0.4, -0.2) is 23.1 Å². The van der Waals surface area contributed by atoms with Crippen LogP contribution in [0.2, 0.25) is 0 Å². The molecule has 2 aromatic rings. The van der Waals surface area contributed by atoms with Gasteiger partial charge in [-0.25, -0.2) is 9.59 Å². The summed E-state index contributed by atoms with van der Waals surface area (Å²) in [6, 6.07) is 17.7. The molecule has 0 amide bonds. The van der Waals surface area contributed by atoms with E-state index in [1.54, 1.807) is 62.4 Å². The molecule has 0 bridgehead atoms. The number of esters is 2. The Hall–Kier alpha value is -2.62. The molecular weight excluding hydrogens is 352 g/mol. The zero-order chi connectivity index (χ0) is 21.0. The smallest absolute Gasteiger partial charge is 0.338 e. The Morgan fingerprint density at radius 3 is 1.46 bits per heavy atom. The van der Waals surface area contributed by atoms with Gasteiger partial charge in [0.2, 0.25) is 0 Å². The minimum absolute atomic E-state index is 0.429. The van der Waals surface area contributed by atoms with Gasteiger partial charge < -0.3 is 9.47 Å². The van der Waals surface area contributed by atoms with Gasteiger partial charge >= 0.3 is 11.9 Å². The summed E-state index contributed by atoms with van der Waals surface area (Å²) in [5, 5.41) is 0. The molecular formula is C24H30O4. The van der Waals surface area contributed by atoms with Gasteiger partial charge in [0.1, 0.15) is 5.60 Å². The highest BCUT2D eigenvalue weighted by Crippen LogP contribution is 2.47. The summed E-state index contributed by atoms with van der Waals surface area (Å²) in [4.78, 5) is 25.6. The molecule has 0 spiro atoms. The summed E-state index contributed by atoms with van der Waals surface area (Å²) in [5.41, 5.74) is -1.64. The summed E-state index contributed by atoms with van der Waals surface area (Å²) in [5.74, 6) is -0.871. The Balaban J connectivity index is 2.40. The predicted molar refractivity (Wildman–Crippen MR) is 110 cm³/mol. The molecule has 0 saturated heterocycles. The molecule has 0 heterocycles. The topological polar surface area (TPSA) is 52.6 Å². The van der Waals surface area contributed by atoms with E-state index in [1.165, 1.54) is 0 Å². The van der Waals surface area contributed by atoms with E-state index in [1.807, 2.05) is 39.8 Å². The number of hydrogen-bond donors (Lipinski definition) is 0. The average molecular weight is 383 g/mol. The summed E-state index contributed by atoms with van der Waals surface area (Å²) < 4.78 is 12.1. The molecule has 0 radical (unpaired) electrons. The van der Waals surface area contributed by atoms with E-state index < -0.39 is 28.6 Å². The molecule has 0 N–H and O–H groups in total. The lowest BCUT2D eigenvalue weighted by Crippen LogP contribution is -2.62. The molecule has 0 fully saturated rings. The van der Waals surface area contributed by atoms with Crippen LogP contribution < -0.4 is 0 Å². The van der Waals surface area contributed by atoms with Crippen molar-refractivity contribution < 1.29 is 19.1 Å². The second-order valence-electron chi connectivity index (χ2n) is 8.45. The maximum Gasteiger partial charge on any atom is 0.338 e. The summed E-state index contributed by atoms with van der Waals surface area (Å²) in [7, 11) is 0. The Kier molecular flexibility index (Phi) is 6.33. The van der Waals surface area contributed by atoms with Crippen molar-refractivity contribution in [1.29, 1.82) is 0 Å². The molecule has 2 aromatic carbocycles. The van der Waals surface area contributed by atoms with Crippen LogP contribution in [0, 0.1) is 5.41 Å². The van der Waals surface area contributed by atoms with Crippen molar-refractivity contribution in [3.63, 3.8) is 0 Å². The minimum atomic E-state index is -1.06. The molecule has 0 aliphatic heterocycles. The van der Waals surface area contributed by atoms with E-state index in [4.69, 9.17) is 9.47 Å². The molecule has 1 unspecified atom stereocenters. The number of carbonyl (C=O) groups is 2. The SMILES string of the molecule is CCC(OC(=O)c1ccccc1)(C(C)(C)C)C(C)(C)OC(=O)c1ccccc1. The Morgan fingerprint density at radius 2 is 1.11 bits per heavy atom. The van der Waals surface area contributed by atoms with Crippen LogP contribution in [0.3, 0.4) is 0 Å². The Labute approximate surface area is 167 Å². The number of ether oxygens (including phenoxy) is 2. The number of benzene rings is 2. The molecule has 0 saturated carbocycles. The van der Waals surface area contributed by atoms with E-state index in [9.17, 15) is 9.59 Å². The average Bonchev–Trinajstić information content (AvgIpc) is 2.65. The standard InChI is InChI=1S/C24H30O4/c1-7-24(22(2,3)4,28-21(26)19-16-12-9-13-17-19)23(5,6)27-20(25)18-14-10-8-11-15-18/h8-17H,7H2,1-6H3. The maximum absolute atomic E-state index is 12.9. The second-order valence-corrected chi connectivity index (χ2v) is 8.45. The molecule has 0 aliphatic carbocycles. The maximum atomic E-state index is 12.9. The first kappa shape index (κ1) is 21.7. The highest BCUT2D eigenvalue weighted by molar-refractivity contribution is 5.90. The van der Waals surface area contributed by atoms with Crippen LogP contribution in [0.15, 0.2) is 60.7 Å². The third kappa shape index (κ3) is 4.27. The summed E-state index contributed by atoms with van der Waals surface area (Å²) in [6.45, 7) is 11.5. The fourth-order valence-electron chi connectivity index (χ4n) is 3.95. The quantitative estimate of drug-likeness (QED) is 0.604. The molecule has 0 aliphatic rings. The van der Waals surface area contributed by atoms with Gasteiger partial charge in [0.15, 0.2) is 5.60 Å². The zero-order valence-electron chi connectivity index (χ0n) is 17.6. The van der Waals surface area contributed by atoms with Crippen molar-refractivity contribution in [2.75, 3.05) is 0 Å². The normalized spacial score (nSPS) is 14.1. The van der Waals surface area contributed by atoms with Crippen molar-refractivity contribution >= 4 is 11.9 Å². The van der Waals surface area contributed by atoms with E-state index >= 15 is 0 Å². The van der Waals surface area contributed by atoms with Crippen LogP contribution in [0.1, 0.15) is 68.7 Å². The molecule has 0 aromatic heterocycles. The lowest BCUT2D eigenvalue weighted by molar-refractivity contribution is -0.192. The highest BCUT2D eigenvalue weighted by Gasteiger charge is 2.57. The number of hydrogen-bond acceptors (Lipinski definition) is 4. The molecule has 4 heteroatoms. The monoisotopic (exact) mass is 382 g/mol. The van der Waals surface area contributed by atoms with Crippen LogP contribution in [0.4, 0.5) is 0 Å². The van der Waals surface area contributed by atoms with Crippen LogP contribution >= 0.6 is 0 Å². The van der Waals surface area contributed by atoms with Crippen molar-refractivity contribution in [2.24, 2.45) is 5.41 Å². The van der Waals surface area contributed by atoms with Crippen LogP contribution in [-0.2, 0) is 9.47 Å². The molecule has 4 nitrogen and oxygen atoms in total. The predicted octanol–water partition coefficient (Wildman–Crippen LogP) is 5.67. The molecule has 2 rings (SSSR count). The first-order valence-electron chi connectivity index (χ1n) is 9.61. The van der Waals surface area contributed by atoms with Gasteiger partial charge in [-0.3, -0.25) is 0 Å². The number of carbonyl (C=O) groups excluding carboxylic acids is 2. The summed E-state index contributed by atoms with van der Waals surface area (Å²) in [6.07, 6.45) is 0.490.